The van der Waals surface area contributed by atoms with Crippen molar-refractivity contribution in [2.75, 3.05) is 40.0 Å². The van der Waals surface area contributed by atoms with E-state index in [9.17, 15) is 28.1 Å². The van der Waals surface area contributed by atoms with Crippen molar-refractivity contribution < 1.29 is 37.1 Å². The van der Waals surface area contributed by atoms with Crippen LogP contribution in [0.4, 0.5) is 13.2 Å². The van der Waals surface area contributed by atoms with Gasteiger partial charge in [0.25, 0.3) is 0 Å². The molecule has 1 unspecified atom stereocenters. The van der Waals surface area contributed by atoms with Crippen LogP contribution in [0.2, 0.25) is 0 Å². The predicted octanol–water partition coefficient (Wildman–Crippen LogP) is 2.15. The molecule has 0 aromatic carbocycles. The Bertz CT molecular complexity index is 1010. The minimum absolute atomic E-state index is 0.0540. The second-order valence-corrected chi connectivity index (χ2v) is 8.51. The van der Waals surface area contributed by atoms with E-state index in [-0.39, 0.29) is 30.5 Å². The maximum Gasteiger partial charge on any atom is 0.433 e. The van der Waals surface area contributed by atoms with Crippen LogP contribution in [0, 0.1) is 21.4 Å². The lowest BCUT2D eigenvalue weighted by molar-refractivity contribution is -0.420. The van der Waals surface area contributed by atoms with Gasteiger partial charge in [0.2, 0.25) is 12.2 Å². The summed E-state index contributed by atoms with van der Waals surface area (Å²) in [6, 6.07) is 1.95. The second-order valence-electron chi connectivity index (χ2n) is 8.51. The molecule has 0 radical (unpaired) electrons. The molecule has 3 rings (SSSR count). The van der Waals surface area contributed by atoms with Gasteiger partial charge in [0.15, 0.2) is 5.82 Å². The summed E-state index contributed by atoms with van der Waals surface area (Å²) in [5.74, 6) is -1.17. The molecule has 0 spiro atoms. The highest BCUT2D eigenvalue weighted by atomic mass is 19.4. The molecule has 0 bridgehead atoms. The number of hydrogen-bond donors (Lipinski definition) is 2. The Morgan fingerprint density at radius 3 is 2.65 bits per heavy atom. The Morgan fingerprint density at radius 2 is 2.08 bits per heavy atom. The first kappa shape index (κ1) is 28.1. The summed E-state index contributed by atoms with van der Waals surface area (Å²) in [4.78, 5) is 29.4. The van der Waals surface area contributed by atoms with E-state index in [4.69, 9.17) is 19.6 Å². The number of rotatable bonds is 10. The fourth-order valence-corrected chi connectivity index (χ4v) is 3.87. The zero-order chi connectivity index (χ0) is 27.2. The molecule has 204 valence electrons. The third kappa shape index (κ3) is 7.29. The molecule has 37 heavy (non-hydrogen) atoms. The zero-order valence-corrected chi connectivity index (χ0v) is 20.4. The molecule has 0 saturated carbocycles. The number of carbonyl (C=O) groups is 1. The van der Waals surface area contributed by atoms with Crippen molar-refractivity contribution in [1.82, 2.24) is 20.1 Å². The van der Waals surface area contributed by atoms with E-state index >= 15 is 0 Å². The lowest BCUT2D eigenvalue weighted by Gasteiger charge is -2.39. The molecule has 2 aliphatic rings. The number of nitrogens with one attached hydrogen (secondary N) is 2. The molecular weight excluding hydrogens is 501 g/mol. The average molecular weight is 531 g/mol. The van der Waals surface area contributed by atoms with Gasteiger partial charge in [-0.25, -0.2) is 0 Å². The standard InChI is InChI=1S/C22H29F3N6O6/c1-3-36-17(32)12-30(11-15-4-5-16(27-10-15)22(23,24)25)20-18(31(33)34)19(26)29(2)21(28-20)37-13-14-6-8-35-9-7-14/h4-5,10,14,21,26,28H,3,6-9,11-13H2,1-2H3. The monoisotopic (exact) mass is 530 g/mol. The number of ether oxygens (including phenoxy) is 3. The van der Waals surface area contributed by atoms with Crippen LogP contribution in [0.5, 0.6) is 0 Å². The Balaban J connectivity index is 1.90. The number of esters is 1. The molecule has 0 amide bonds. The van der Waals surface area contributed by atoms with E-state index in [0.29, 0.717) is 19.8 Å². The highest BCUT2D eigenvalue weighted by molar-refractivity contribution is 5.95. The molecule has 1 atom stereocenters. The van der Waals surface area contributed by atoms with Gasteiger partial charge in [0, 0.05) is 33.0 Å². The summed E-state index contributed by atoms with van der Waals surface area (Å²) in [6.07, 6.45) is -3.06. The van der Waals surface area contributed by atoms with E-state index in [0.717, 1.165) is 25.1 Å². The summed E-state index contributed by atoms with van der Waals surface area (Å²) < 4.78 is 55.1. The van der Waals surface area contributed by atoms with Crippen molar-refractivity contribution in [3.8, 4) is 0 Å². The van der Waals surface area contributed by atoms with Crippen LogP contribution in [-0.2, 0) is 31.7 Å². The number of nitrogens with zero attached hydrogens (tertiary/aromatic N) is 4. The van der Waals surface area contributed by atoms with Gasteiger partial charge in [-0.15, -0.1) is 0 Å². The number of likely N-dealkylation sites (N-methyl/N-ethyl adjacent to an activating group) is 1. The summed E-state index contributed by atoms with van der Waals surface area (Å²) in [7, 11) is 1.46. The van der Waals surface area contributed by atoms with E-state index in [1.54, 1.807) is 6.92 Å². The lowest BCUT2D eigenvalue weighted by atomic mass is 10.0. The molecule has 0 aliphatic carbocycles. The van der Waals surface area contributed by atoms with Gasteiger partial charge in [0.05, 0.1) is 18.1 Å². The van der Waals surface area contributed by atoms with Crippen LogP contribution in [0.1, 0.15) is 31.0 Å². The van der Waals surface area contributed by atoms with Crippen molar-refractivity contribution >= 4 is 11.8 Å². The van der Waals surface area contributed by atoms with Crippen LogP contribution in [0.15, 0.2) is 29.8 Å². The van der Waals surface area contributed by atoms with Crippen LogP contribution >= 0.6 is 0 Å². The Kier molecular flexibility index (Phi) is 9.26. The van der Waals surface area contributed by atoms with Gasteiger partial charge in [-0.2, -0.15) is 13.2 Å². The Labute approximate surface area is 211 Å². The topological polar surface area (TPSA) is 143 Å². The van der Waals surface area contributed by atoms with Crippen molar-refractivity contribution in [2.45, 2.75) is 38.8 Å². The predicted molar refractivity (Wildman–Crippen MR) is 122 cm³/mol. The maximum atomic E-state index is 12.9. The van der Waals surface area contributed by atoms with E-state index in [1.807, 2.05) is 0 Å². The van der Waals surface area contributed by atoms with E-state index in [2.05, 4.69) is 10.3 Å². The first-order valence-corrected chi connectivity index (χ1v) is 11.6. The quantitative estimate of drug-likeness (QED) is 0.262. The molecule has 1 saturated heterocycles. The van der Waals surface area contributed by atoms with Gasteiger partial charge in [-0.3, -0.25) is 25.3 Å². The number of hydrogen-bond acceptors (Lipinski definition) is 10. The molecule has 15 heteroatoms. The third-order valence-corrected chi connectivity index (χ3v) is 5.86. The van der Waals surface area contributed by atoms with Crippen molar-refractivity contribution in [3.05, 3.63) is 51.2 Å². The molecule has 3 heterocycles. The number of carbonyl (C=O) groups excluding carboxylic acids is 1. The Hall–Kier alpha value is -3.46. The van der Waals surface area contributed by atoms with Gasteiger partial charge < -0.3 is 29.3 Å². The maximum absolute atomic E-state index is 12.9. The van der Waals surface area contributed by atoms with E-state index < -0.39 is 47.2 Å². The number of alkyl halides is 3. The smallest absolute Gasteiger partial charge is 0.433 e. The third-order valence-electron chi connectivity index (χ3n) is 5.86. The molecule has 2 N–H and O–H groups in total. The number of amidine groups is 1. The molecule has 1 aromatic heterocycles. The van der Waals surface area contributed by atoms with Crippen molar-refractivity contribution in [1.29, 1.82) is 5.41 Å². The van der Waals surface area contributed by atoms with Crippen molar-refractivity contribution in [3.63, 3.8) is 0 Å². The lowest BCUT2D eigenvalue weighted by Crippen LogP contribution is -2.57. The fraction of sp³-hybridized carbons (Fsp3) is 0.591. The summed E-state index contributed by atoms with van der Waals surface area (Å²) in [5, 5.41) is 23.3. The molecule has 1 fully saturated rings. The average Bonchev–Trinajstić information content (AvgIpc) is 2.84. The SMILES string of the molecule is CCOC(=O)CN(Cc1ccc(C(F)(F)F)nc1)C1=C([N+](=O)[O-])C(=N)N(C)C(OCC2CCOCC2)N1. The van der Waals surface area contributed by atoms with Crippen LogP contribution in [-0.4, -0.2) is 77.9 Å². The highest BCUT2D eigenvalue weighted by Crippen LogP contribution is 2.28. The normalized spacial score (nSPS) is 19.0. The van der Waals surface area contributed by atoms with Gasteiger partial charge in [-0.1, -0.05) is 6.07 Å². The summed E-state index contributed by atoms with van der Waals surface area (Å²) in [6.45, 7) is 2.45. The number of halogens is 3. The number of nitro groups is 1. The first-order valence-electron chi connectivity index (χ1n) is 11.6. The first-order chi connectivity index (χ1) is 17.5. The van der Waals surface area contributed by atoms with Crippen LogP contribution in [0.3, 0.4) is 0 Å². The minimum atomic E-state index is -4.63. The van der Waals surface area contributed by atoms with Crippen LogP contribution < -0.4 is 5.32 Å². The summed E-state index contributed by atoms with van der Waals surface area (Å²) >= 11 is 0. The largest absolute Gasteiger partial charge is 0.465 e. The molecule has 2 aliphatic heterocycles. The molecule has 12 nitrogen and oxygen atoms in total. The van der Waals surface area contributed by atoms with Gasteiger partial charge in [-0.05, 0) is 37.3 Å². The summed E-state index contributed by atoms with van der Waals surface area (Å²) in [5.41, 5.74) is -1.48. The molecule has 1 aromatic rings. The number of pyridine rings is 1. The highest BCUT2D eigenvalue weighted by Gasteiger charge is 2.40. The Morgan fingerprint density at radius 1 is 1.38 bits per heavy atom. The minimum Gasteiger partial charge on any atom is -0.465 e. The zero-order valence-electron chi connectivity index (χ0n) is 20.4. The fourth-order valence-electron chi connectivity index (χ4n) is 3.87. The second kappa shape index (κ2) is 12.2. The van der Waals surface area contributed by atoms with Crippen LogP contribution in [0.25, 0.3) is 0 Å². The molecular formula is C22H29F3N6O6. The van der Waals surface area contributed by atoms with Gasteiger partial charge in [0.1, 0.15) is 12.2 Å². The number of aromatic nitrogens is 1. The van der Waals surface area contributed by atoms with Gasteiger partial charge >= 0.3 is 17.8 Å². The van der Waals surface area contributed by atoms with E-state index in [1.165, 1.54) is 22.9 Å². The van der Waals surface area contributed by atoms with Crippen molar-refractivity contribution in [2.24, 2.45) is 5.92 Å².